The Hall–Kier alpha value is -2.32. The first-order chi connectivity index (χ1) is 32.5. The van der Waals surface area contributed by atoms with Crippen LogP contribution in [0.25, 0.3) is 0 Å². The molecular weight excluding hydrogens is 852 g/mol. The highest BCUT2D eigenvalue weighted by molar-refractivity contribution is 7.47. The van der Waals surface area contributed by atoms with Gasteiger partial charge in [0.1, 0.15) is 13.2 Å². The Morgan fingerprint density at radius 2 is 0.896 bits per heavy atom. The van der Waals surface area contributed by atoms with Crippen LogP contribution in [0, 0.1) is 0 Å². The number of carbonyl (C=O) groups is 1. The van der Waals surface area contributed by atoms with Crippen molar-refractivity contribution in [1.82, 2.24) is 5.32 Å². The molecule has 3 atom stereocenters. The quantitative estimate of drug-likeness (QED) is 0.0243. The summed E-state index contributed by atoms with van der Waals surface area (Å²) in [5, 5.41) is 13.9. The number of nitrogens with zero attached hydrogens (tertiary/aromatic N) is 1. The summed E-state index contributed by atoms with van der Waals surface area (Å²) >= 11 is 0. The van der Waals surface area contributed by atoms with Crippen molar-refractivity contribution in [3.8, 4) is 0 Å². The molecular formula is C58H106N2O6P+. The normalized spacial score (nSPS) is 14.7. The number of amides is 1. The number of hydrogen-bond donors (Lipinski definition) is 3. The van der Waals surface area contributed by atoms with Crippen molar-refractivity contribution in [3.63, 3.8) is 0 Å². The van der Waals surface area contributed by atoms with Crippen molar-refractivity contribution in [1.29, 1.82) is 0 Å². The average Bonchev–Trinajstić information content (AvgIpc) is 3.29. The lowest BCUT2D eigenvalue weighted by molar-refractivity contribution is -0.870. The van der Waals surface area contributed by atoms with Crippen LogP contribution in [0.3, 0.4) is 0 Å². The van der Waals surface area contributed by atoms with Crippen molar-refractivity contribution in [2.75, 3.05) is 40.9 Å². The number of phosphoric acid groups is 1. The second-order valence-corrected chi connectivity index (χ2v) is 21.0. The third-order valence-corrected chi connectivity index (χ3v) is 12.9. The Labute approximate surface area is 414 Å². The predicted octanol–water partition coefficient (Wildman–Crippen LogP) is 16.5. The van der Waals surface area contributed by atoms with E-state index in [1.807, 2.05) is 27.2 Å². The van der Waals surface area contributed by atoms with Crippen LogP contribution in [0.4, 0.5) is 0 Å². The molecule has 0 aliphatic carbocycles. The standard InChI is InChI=1S/C58H105N2O6P/c1-6-8-10-12-14-16-18-20-22-23-24-25-26-27-28-29-30-31-32-33-34-35-36-37-38-40-42-44-46-48-50-52-58(62)59-56(55-66-67(63,64)65-54-53-60(3,4)5)57(61)51-49-47-45-43-41-39-21-19-17-15-13-11-9-7-2/h8,10,14,16,20,22,24-25,27-28,30-31,49,51,56-57,61H,6-7,9,11-13,15,17-19,21,23,26,29,32-48,50,52-55H2,1-5H3,(H-,59,62,63,64)/p+1/b10-8-,16-14-,22-20-,25-24-,28-27-,31-30-,51-49+. The minimum Gasteiger partial charge on any atom is -0.387 e. The van der Waals surface area contributed by atoms with Crippen LogP contribution in [0.1, 0.15) is 226 Å². The third kappa shape index (κ3) is 51.4. The summed E-state index contributed by atoms with van der Waals surface area (Å²) in [6.07, 6.45) is 68.1. The van der Waals surface area contributed by atoms with E-state index >= 15 is 0 Å². The smallest absolute Gasteiger partial charge is 0.387 e. The van der Waals surface area contributed by atoms with E-state index in [1.165, 1.54) is 128 Å². The molecule has 0 fully saturated rings. The molecule has 0 aliphatic heterocycles. The maximum atomic E-state index is 13.0. The average molecular weight is 958 g/mol. The molecule has 0 aliphatic rings. The molecule has 0 aromatic carbocycles. The van der Waals surface area contributed by atoms with Crippen LogP contribution in [0.5, 0.6) is 0 Å². The predicted molar refractivity (Wildman–Crippen MR) is 290 cm³/mol. The summed E-state index contributed by atoms with van der Waals surface area (Å²) in [7, 11) is 1.56. The van der Waals surface area contributed by atoms with E-state index in [-0.39, 0.29) is 19.1 Å². The Kier molecular flexibility index (Phi) is 47.0. The molecule has 3 unspecified atom stereocenters. The third-order valence-electron chi connectivity index (χ3n) is 11.9. The maximum Gasteiger partial charge on any atom is 0.472 e. The van der Waals surface area contributed by atoms with Crippen LogP contribution in [0.2, 0.25) is 0 Å². The monoisotopic (exact) mass is 958 g/mol. The largest absolute Gasteiger partial charge is 0.472 e. The minimum absolute atomic E-state index is 0.0582. The van der Waals surface area contributed by atoms with E-state index in [0.717, 1.165) is 77.0 Å². The molecule has 0 saturated heterocycles. The molecule has 0 rings (SSSR count). The highest BCUT2D eigenvalue weighted by atomic mass is 31.2. The molecule has 67 heavy (non-hydrogen) atoms. The van der Waals surface area contributed by atoms with Crippen LogP contribution in [0.15, 0.2) is 85.1 Å². The zero-order chi connectivity index (χ0) is 49.2. The first-order valence-electron chi connectivity index (χ1n) is 27.5. The fourth-order valence-corrected chi connectivity index (χ4v) is 8.31. The number of quaternary nitrogens is 1. The lowest BCUT2D eigenvalue weighted by Gasteiger charge is -2.25. The number of aliphatic hydroxyl groups is 1. The molecule has 0 saturated carbocycles. The summed E-state index contributed by atoms with van der Waals surface area (Å²) in [6.45, 7) is 4.70. The Morgan fingerprint density at radius 1 is 0.522 bits per heavy atom. The van der Waals surface area contributed by atoms with Gasteiger partial charge in [-0.1, -0.05) is 234 Å². The number of aliphatic hydroxyl groups excluding tert-OH is 1. The molecule has 0 aromatic rings. The van der Waals surface area contributed by atoms with Gasteiger partial charge in [0.05, 0.1) is 39.9 Å². The number of likely N-dealkylation sites (N-methyl/N-ethyl adjacent to an activating group) is 1. The van der Waals surface area contributed by atoms with E-state index in [0.29, 0.717) is 17.4 Å². The second-order valence-electron chi connectivity index (χ2n) is 19.6. The molecule has 8 nitrogen and oxygen atoms in total. The number of carbonyl (C=O) groups excluding carboxylic acids is 1. The van der Waals surface area contributed by atoms with Gasteiger partial charge in [-0.05, 0) is 70.6 Å². The van der Waals surface area contributed by atoms with E-state index in [2.05, 4.69) is 92.1 Å². The van der Waals surface area contributed by atoms with Crippen molar-refractivity contribution >= 4 is 13.7 Å². The van der Waals surface area contributed by atoms with Crippen molar-refractivity contribution < 1.29 is 32.9 Å². The van der Waals surface area contributed by atoms with E-state index in [1.54, 1.807) is 6.08 Å². The number of phosphoric ester groups is 1. The highest BCUT2D eigenvalue weighted by Crippen LogP contribution is 2.43. The van der Waals surface area contributed by atoms with Gasteiger partial charge >= 0.3 is 7.82 Å². The van der Waals surface area contributed by atoms with Gasteiger partial charge in [0.2, 0.25) is 5.91 Å². The zero-order valence-corrected chi connectivity index (χ0v) is 45.0. The van der Waals surface area contributed by atoms with E-state index < -0.39 is 20.0 Å². The molecule has 0 radical (unpaired) electrons. The van der Waals surface area contributed by atoms with Crippen LogP contribution >= 0.6 is 7.82 Å². The van der Waals surface area contributed by atoms with Gasteiger partial charge < -0.3 is 19.8 Å². The number of hydrogen-bond acceptors (Lipinski definition) is 5. The number of rotatable bonds is 49. The first kappa shape index (κ1) is 64.7. The van der Waals surface area contributed by atoms with Crippen molar-refractivity contribution in [2.45, 2.75) is 238 Å². The summed E-state index contributed by atoms with van der Waals surface area (Å²) < 4.78 is 23.7. The molecule has 1 amide bonds. The highest BCUT2D eigenvalue weighted by Gasteiger charge is 2.27. The summed E-state index contributed by atoms with van der Waals surface area (Å²) in [5.41, 5.74) is 0. The van der Waals surface area contributed by atoms with Crippen LogP contribution < -0.4 is 5.32 Å². The summed E-state index contributed by atoms with van der Waals surface area (Å²) in [4.78, 5) is 23.2. The first-order valence-corrected chi connectivity index (χ1v) is 29.0. The van der Waals surface area contributed by atoms with Gasteiger partial charge in [-0.15, -0.1) is 0 Å². The molecule has 388 valence electrons. The fraction of sp³-hybridized carbons (Fsp3) is 0.741. The van der Waals surface area contributed by atoms with Gasteiger partial charge in [-0.25, -0.2) is 4.57 Å². The van der Waals surface area contributed by atoms with Crippen LogP contribution in [-0.2, 0) is 18.4 Å². The van der Waals surface area contributed by atoms with Crippen LogP contribution in [-0.4, -0.2) is 73.4 Å². The van der Waals surface area contributed by atoms with Crippen molar-refractivity contribution in [3.05, 3.63) is 85.1 Å². The van der Waals surface area contributed by atoms with Gasteiger partial charge in [0.15, 0.2) is 0 Å². The Balaban J connectivity index is 4.16. The zero-order valence-electron chi connectivity index (χ0n) is 44.1. The number of nitrogens with one attached hydrogen (secondary N) is 1. The molecule has 0 aromatic heterocycles. The topological polar surface area (TPSA) is 105 Å². The molecule has 0 spiro atoms. The minimum atomic E-state index is -4.35. The van der Waals surface area contributed by atoms with E-state index in [9.17, 15) is 19.4 Å². The van der Waals surface area contributed by atoms with Gasteiger partial charge in [0, 0.05) is 6.42 Å². The molecule has 0 bridgehead atoms. The second kappa shape index (κ2) is 48.7. The van der Waals surface area contributed by atoms with Crippen molar-refractivity contribution in [2.24, 2.45) is 0 Å². The molecule has 0 heterocycles. The lowest BCUT2D eigenvalue weighted by atomic mass is 10.0. The van der Waals surface area contributed by atoms with Gasteiger partial charge in [0.25, 0.3) is 0 Å². The summed E-state index contributed by atoms with van der Waals surface area (Å²) in [5.74, 6) is -0.182. The number of allylic oxidation sites excluding steroid dienone is 13. The Bertz CT molecular complexity index is 1360. The maximum absolute atomic E-state index is 13.0. The van der Waals surface area contributed by atoms with Gasteiger partial charge in [-0.3, -0.25) is 13.8 Å². The molecule has 3 N–H and O–H groups in total. The van der Waals surface area contributed by atoms with Gasteiger partial charge in [-0.2, -0.15) is 0 Å². The lowest BCUT2D eigenvalue weighted by Crippen LogP contribution is -2.45. The number of unbranched alkanes of at least 4 members (excludes halogenated alkanes) is 24. The Morgan fingerprint density at radius 3 is 1.31 bits per heavy atom. The summed E-state index contributed by atoms with van der Waals surface area (Å²) in [6, 6.07) is -0.851. The SMILES string of the molecule is CC/C=C\C/C=C\C/C=C\C/C=C\C/C=C\C/C=C\CCCCCCCCCCCCCCC(=O)NC(COP(=O)(O)OCC[N+](C)(C)C)C(O)/C=C/CCCCCCCCCCCCCC. The fourth-order valence-electron chi connectivity index (χ4n) is 7.57. The molecule has 9 heteroatoms. The van der Waals surface area contributed by atoms with E-state index in [4.69, 9.17) is 9.05 Å².